The van der Waals surface area contributed by atoms with E-state index in [0.29, 0.717) is 0 Å². The van der Waals surface area contributed by atoms with Gasteiger partial charge in [-0.2, -0.15) is 0 Å². The molecule has 0 bridgehead atoms. The molecule has 0 aliphatic carbocycles. The number of hydrogen-bond donors (Lipinski definition) is 1. The Morgan fingerprint density at radius 2 is 1.76 bits per heavy atom. The maximum atomic E-state index is 12.6. The van der Waals surface area contributed by atoms with Crippen LogP contribution in [0.3, 0.4) is 0 Å². The van der Waals surface area contributed by atoms with Crippen molar-refractivity contribution in [1.29, 1.82) is 0 Å². The largest absolute Gasteiger partial charge is 0.346 e. The van der Waals surface area contributed by atoms with Gasteiger partial charge in [0.25, 0.3) is 0 Å². The van der Waals surface area contributed by atoms with E-state index in [1.54, 1.807) is 6.20 Å². The highest BCUT2D eigenvalue weighted by Gasteiger charge is 2.23. The molecule has 130 valence electrons. The molecule has 5 nitrogen and oxygen atoms in total. The molecule has 0 saturated heterocycles. The molecule has 0 radical (unpaired) electrons. The van der Waals surface area contributed by atoms with Gasteiger partial charge in [0.1, 0.15) is 5.82 Å². The van der Waals surface area contributed by atoms with Crippen molar-refractivity contribution in [1.82, 2.24) is 19.9 Å². The quantitative estimate of drug-likeness (QED) is 0.766. The van der Waals surface area contributed by atoms with Crippen LogP contribution in [0.15, 0.2) is 48.7 Å². The summed E-state index contributed by atoms with van der Waals surface area (Å²) < 4.78 is 2.19. The van der Waals surface area contributed by atoms with Gasteiger partial charge in [-0.1, -0.05) is 18.2 Å². The highest BCUT2D eigenvalue weighted by Crippen LogP contribution is 2.25. The van der Waals surface area contributed by atoms with Crippen LogP contribution in [-0.2, 0) is 4.79 Å². The maximum absolute atomic E-state index is 12.6. The lowest BCUT2D eigenvalue weighted by Crippen LogP contribution is -2.32. The van der Waals surface area contributed by atoms with Gasteiger partial charge in [0, 0.05) is 12.2 Å². The van der Waals surface area contributed by atoms with E-state index >= 15 is 0 Å². The molecule has 1 N–H and O–H groups in total. The molecule has 2 heterocycles. The summed E-state index contributed by atoms with van der Waals surface area (Å²) in [5.74, 6) is 0.520. The van der Waals surface area contributed by atoms with Crippen LogP contribution in [0.5, 0.6) is 0 Å². The SMILES string of the molecule is CC(NC(=O)C(C)c1ccccn1)c1nc2ccccc2n1C(C)C. The van der Waals surface area contributed by atoms with E-state index in [0.717, 1.165) is 22.6 Å². The molecule has 0 saturated carbocycles. The summed E-state index contributed by atoms with van der Waals surface area (Å²) in [6.45, 7) is 8.10. The summed E-state index contributed by atoms with van der Waals surface area (Å²) in [6.07, 6.45) is 1.71. The van der Waals surface area contributed by atoms with Gasteiger partial charge in [-0.25, -0.2) is 4.98 Å². The Balaban J connectivity index is 1.86. The standard InChI is InChI=1S/C20H24N4O/c1-13(2)24-18-11-6-5-10-17(18)23-19(24)15(4)22-20(25)14(3)16-9-7-8-12-21-16/h5-15H,1-4H3,(H,22,25). The zero-order valence-electron chi connectivity index (χ0n) is 15.1. The minimum atomic E-state index is -0.305. The van der Waals surface area contributed by atoms with Gasteiger partial charge in [0.05, 0.1) is 28.7 Å². The molecule has 3 rings (SSSR count). The van der Waals surface area contributed by atoms with E-state index in [4.69, 9.17) is 4.98 Å². The highest BCUT2D eigenvalue weighted by atomic mass is 16.1. The number of carbonyl (C=O) groups excluding carboxylic acids is 1. The lowest BCUT2D eigenvalue weighted by molar-refractivity contribution is -0.123. The van der Waals surface area contributed by atoms with Gasteiger partial charge < -0.3 is 9.88 Å². The molecule has 0 aliphatic heterocycles. The lowest BCUT2D eigenvalue weighted by atomic mass is 10.1. The molecular formula is C20H24N4O. The van der Waals surface area contributed by atoms with E-state index in [1.807, 2.05) is 50.2 Å². The molecule has 25 heavy (non-hydrogen) atoms. The number of amides is 1. The first-order chi connectivity index (χ1) is 12.0. The predicted octanol–water partition coefficient (Wildman–Crippen LogP) is 3.99. The van der Waals surface area contributed by atoms with E-state index in [9.17, 15) is 4.79 Å². The number of carbonyl (C=O) groups is 1. The number of aromatic nitrogens is 3. The van der Waals surface area contributed by atoms with Gasteiger partial charge in [-0.3, -0.25) is 9.78 Å². The second-order valence-electron chi connectivity index (χ2n) is 6.63. The second-order valence-corrected chi connectivity index (χ2v) is 6.63. The van der Waals surface area contributed by atoms with Crippen molar-refractivity contribution in [3.05, 3.63) is 60.2 Å². The van der Waals surface area contributed by atoms with Crippen molar-refractivity contribution in [3.63, 3.8) is 0 Å². The minimum Gasteiger partial charge on any atom is -0.346 e. The van der Waals surface area contributed by atoms with Crippen LogP contribution >= 0.6 is 0 Å². The Labute approximate surface area is 148 Å². The Kier molecular flexibility index (Phi) is 4.83. The maximum Gasteiger partial charge on any atom is 0.229 e. The molecule has 1 aromatic carbocycles. The molecular weight excluding hydrogens is 312 g/mol. The summed E-state index contributed by atoms with van der Waals surface area (Å²) in [4.78, 5) is 21.7. The average molecular weight is 336 g/mol. The van der Waals surface area contributed by atoms with E-state index in [2.05, 4.69) is 34.8 Å². The lowest BCUT2D eigenvalue weighted by Gasteiger charge is -2.20. The third kappa shape index (κ3) is 3.40. The van der Waals surface area contributed by atoms with Crippen molar-refractivity contribution < 1.29 is 4.79 Å². The van der Waals surface area contributed by atoms with Crippen LogP contribution < -0.4 is 5.32 Å². The zero-order chi connectivity index (χ0) is 18.0. The van der Waals surface area contributed by atoms with Crippen LogP contribution in [0.1, 0.15) is 57.2 Å². The Morgan fingerprint density at radius 1 is 1.04 bits per heavy atom. The van der Waals surface area contributed by atoms with E-state index < -0.39 is 0 Å². The molecule has 2 aromatic heterocycles. The summed E-state index contributed by atoms with van der Waals surface area (Å²) in [7, 11) is 0. The Bertz CT molecular complexity index is 870. The van der Waals surface area contributed by atoms with Gasteiger partial charge in [0.2, 0.25) is 5.91 Å². The van der Waals surface area contributed by atoms with E-state index in [-0.39, 0.29) is 23.9 Å². The van der Waals surface area contributed by atoms with Gasteiger partial charge >= 0.3 is 0 Å². The van der Waals surface area contributed by atoms with Crippen molar-refractivity contribution >= 4 is 16.9 Å². The summed E-state index contributed by atoms with van der Waals surface area (Å²) in [6, 6.07) is 13.8. The number of para-hydroxylation sites is 2. The number of fused-ring (bicyclic) bond motifs is 1. The third-order valence-corrected chi connectivity index (χ3v) is 4.41. The zero-order valence-corrected chi connectivity index (χ0v) is 15.1. The van der Waals surface area contributed by atoms with Gasteiger partial charge in [0.15, 0.2) is 0 Å². The first-order valence-electron chi connectivity index (χ1n) is 8.67. The molecule has 2 unspecified atom stereocenters. The first-order valence-corrected chi connectivity index (χ1v) is 8.67. The van der Waals surface area contributed by atoms with Crippen LogP contribution in [0.2, 0.25) is 0 Å². The van der Waals surface area contributed by atoms with Crippen molar-refractivity contribution in [3.8, 4) is 0 Å². The average Bonchev–Trinajstić information content (AvgIpc) is 3.01. The smallest absolute Gasteiger partial charge is 0.229 e. The second kappa shape index (κ2) is 7.05. The molecule has 3 aromatic rings. The summed E-state index contributed by atoms with van der Waals surface area (Å²) in [5, 5.41) is 3.09. The number of nitrogens with one attached hydrogen (secondary N) is 1. The minimum absolute atomic E-state index is 0.0476. The molecule has 0 aliphatic rings. The predicted molar refractivity (Wildman–Crippen MR) is 99.3 cm³/mol. The number of rotatable bonds is 5. The van der Waals surface area contributed by atoms with Crippen LogP contribution in [0.4, 0.5) is 0 Å². The van der Waals surface area contributed by atoms with Gasteiger partial charge in [-0.15, -0.1) is 0 Å². The fourth-order valence-corrected chi connectivity index (χ4v) is 3.08. The first kappa shape index (κ1) is 17.1. The molecule has 1 amide bonds. The number of benzene rings is 1. The Hall–Kier alpha value is -2.69. The molecule has 5 heteroatoms. The topological polar surface area (TPSA) is 59.8 Å². The Morgan fingerprint density at radius 3 is 2.44 bits per heavy atom. The summed E-state index contributed by atoms with van der Waals surface area (Å²) in [5.41, 5.74) is 2.81. The number of hydrogen-bond acceptors (Lipinski definition) is 3. The van der Waals surface area contributed by atoms with E-state index in [1.165, 1.54) is 0 Å². The normalized spacial score (nSPS) is 13.8. The molecule has 0 spiro atoms. The third-order valence-electron chi connectivity index (χ3n) is 4.41. The number of imidazole rings is 1. The highest BCUT2D eigenvalue weighted by molar-refractivity contribution is 5.83. The van der Waals surface area contributed by atoms with Crippen LogP contribution in [0, 0.1) is 0 Å². The van der Waals surface area contributed by atoms with Crippen LogP contribution in [-0.4, -0.2) is 20.4 Å². The van der Waals surface area contributed by atoms with Gasteiger partial charge in [-0.05, 0) is 52.0 Å². The summed E-state index contributed by atoms with van der Waals surface area (Å²) >= 11 is 0. The monoisotopic (exact) mass is 336 g/mol. The van der Waals surface area contributed by atoms with Crippen molar-refractivity contribution in [2.75, 3.05) is 0 Å². The fraction of sp³-hybridized carbons (Fsp3) is 0.350. The molecule has 0 fully saturated rings. The van der Waals surface area contributed by atoms with Crippen molar-refractivity contribution in [2.24, 2.45) is 0 Å². The number of pyridine rings is 1. The van der Waals surface area contributed by atoms with Crippen LogP contribution in [0.25, 0.3) is 11.0 Å². The number of nitrogens with zero attached hydrogens (tertiary/aromatic N) is 3. The molecule has 2 atom stereocenters. The fourth-order valence-electron chi connectivity index (χ4n) is 3.08. The van der Waals surface area contributed by atoms with Crippen molar-refractivity contribution in [2.45, 2.75) is 45.7 Å².